The Morgan fingerprint density at radius 3 is 2.35 bits per heavy atom. The lowest BCUT2D eigenvalue weighted by molar-refractivity contribution is -0.144. The summed E-state index contributed by atoms with van der Waals surface area (Å²) in [5.41, 5.74) is 5.10. The molecular formula is C17H24N2O4. The van der Waals surface area contributed by atoms with Gasteiger partial charge in [-0.15, -0.1) is 0 Å². The summed E-state index contributed by atoms with van der Waals surface area (Å²) >= 11 is 0. The number of carbonyl (C=O) groups is 3. The molecule has 6 heteroatoms. The van der Waals surface area contributed by atoms with Crippen molar-refractivity contribution in [2.75, 3.05) is 0 Å². The van der Waals surface area contributed by atoms with Crippen LogP contribution in [0.4, 0.5) is 0 Å². The van der Waals surface area contributed by atoms with E-state index in [4.69, 9.17) is 0 Å². The molecule has 0 saturated heterocycles. The first-order chi connectivity index (χ1) is 11.0. The van der Waals surface area contributed by atoms with E-state index in [-0.39, 0.29) is 12.3 Å². The molecule has 0 fully saturated rings. The third kappa shape index (κ3) is 6.50. The van der Waals surface area contributed by atoms with E-state index in [0.717, 1.165) is 12.8 Å². The van der Waals surface area contributed by atoms with Gasteiger partial charge >= 0.3 is 5.97 Å². The van der Waals surface area contributed by atoms with Crippen LogP contribution >= 0.6 is 0 Å². The highest BCUT2D eigenvalue weighted by atomic mass is 16.4. The summed E-state index contributed by atoms with van der Waals surface area (Å²) < 4.78 is 0. The van der Waals surface area contributed by atoms with Crippen LogP contribution < -0.4 is 10.9 Å². The SMILES string of the molecule is CCCC[C@H](C(=O)O)[C@@H](C)CC(=O)NNC(=O)c1ccccc1. The Morgan fingerprint density at radius 1 is 1.13 bits per heavy atom. The number of carbonyl (C=O) groups excluding carboxylic acids is 2. The van der Waals surface area contributed by atoms with E-state index in [1.807, 2.05) is 6.92 Å². The number of hydrogen-bond donors (Lipinski definition) is 3. The number of aliphatic carboxylic acids is 1. The third-order valence-electron chi connectivity index (χ3n) is 3.73. The average Bonchev–Trinajstić information content (AvgIpc) is 2.53. The predicted molar refractivity (Wildman–Crippen MR) is 86.5 cm³/mol. The highest BCUT2D eigenvalue weighted by Gasteiger charge is 2.26. The van der Waals surface area contributed by atoms with E-state index in [9.17, 15) is 19.5 Å². The summed E-state index contributed by atoms with van der Waals surface area (Å²) in [6, 6.07) is 8.51. The molecule has 0 spiro atoms. The Labute approximate surface area is 136 Å². The van der Waals surface area contributed by atoms with Crippen molar-refractivity contribution in [1.29, 1.82) is 0 Å². The smallest absolute Gasteiger partial charge is 0.306 e. The normalized spacial score (nSPS) is 13.0. The van der Waals surface area contributed by atoms with Crippen LogP contribution in [0.3, 0.4) is 0 Å². The summed E-state index contributed by atoms with van der Waals surface area (Å²) in [6.07, 6.45) is 2.33. The molecule has 6 nitrogen and oxygen atoms in total. The predicted octanol–water partition coefficient (Wildman–Crippen LogP) is 2.36. The molecule has 23 heavy (non-hydrogen) atoms. The maximum absolute atomic E-state index is 11.9. The second-order valence-corrected chi connectivity index (χ2v) is 5.64. The number of hydrogen-bond acceptors (Lipinski definition) is 3. The molecule has 0 aliphatic rings. The molecule has 2 atom stereocenters. The van der Waals surface area contributed by atoms with Crippen LogP contribution in [0, 0.1) is 11.8 Å². The minimum atomic E-state index is -0.882. The first-order valence-electron chi connectivity index (χ1n) is 7.82. The minimum Gasteiger partial charge on any atom is -0.481 e. The summed E-state index contributed by atoms with van der Waals surface area (Å²) in [5, 5.41) is 9.25. The number of benzene rings is 1. The Kier molecular flexibility index (Phi) is 7.80. The molecule has 0 aliphatic heterocycles. The van der Waals surface area contributed by atoms with E-state index in [1.165, 1.54) is 0 Å². The molecule has 0 aliphatic carbocycles. The highest BCUT2D eigenvalue weighted by molar-refractivity contribution is 5.95. The maximum atomic E-state index is 11.9. The third-order valence-corrected chi connectivity index (χ3v) is 3.73. The Bertz CT molecular complexity index is 531. The van der Waals surface area contributed by atoms with Crippen LogP contribution in [0.5, 0.6) is 0 Å². The molecule has 1 rings (SSSR count). The number of amides is 2. The van der Waals surface area contributed by atoms with Crippen LogP contribution in [0.25, 0.3) is 0 Å². The van der Waals surface area contributed by atoms with Crippen molar-refractivity contribution in [2.24, 2.45) is 11.8 Å². The van der Waals surface area contributed by atoms with Gasteiger partial charge in [-0.1, -0.05) is 44.9 Å². The summed E-state index contributed by atoms with van der Waals surface area (Å²) in [5.74, 6) is -2.54. The van der Waals surface area contributed by atoms with Gasteiger partial charge in [-0.05, 0) is 24.5 Å². The molecule has 0 unspecified atom stereocenters. The van der Waals surface area contributed by atoms with E-state index >= 15 is 0 Å². The van der Waals surface area contributed by atoms with Gasteiger partial charge in [0.25, 0.3) is 5.91 Å². The summed E-state index contributed by atoms with van der Waals surface area (Å²) in [6.45, 7) is 3.74. The van der Waals surface area contributed by atoms with Crippen molar-refractivity contribution in [3.8, 4) is 0 Å². The number of carboxylic acid groups (broad SMARTS) is 1. The molecule has 3 N–H and O–H groups in total. The molecule has 0 aromatic heterocycles. The van der Waals surface area contributed by atoms with Crippen molar-refractivity contribution < 1.29 is 19.5 Å². The van der Waals surface area contributed by atoms with Gasteiger partial charge in [-0.2, -0.15) is 0 Å². The standard InChI is InChI=1S/C17H24N2O4/c1-3-4-10-14(17(22)23)12(2)11-15(20)18-19-16(21)13-8-6-5-7-9-13/h5-9,12,14H,3-4,10-11H2,1-2H3,(H,18,20)(H,19,21)(H,22,23)/t12-,14-/m0/s1. The number of unbranched alkanes of at least 4 members (excludes halogenated alkanes) is 1. The first kappa shape index (κ1) is 18.7. The minimum absolute atomic E-state index is 0.0513. The van der Waals surface area contributed by atoms with Crippen LogP contribution in [-0.4, -0.2) is 22.9 Å². The lowest BCUT2D eigenvalue weighted by Gasteiger charge is -2.19. The maximum Gasteiger partial charge on any atom is 0.306 e. The Morgan fingerprint density at radius 2 is 1.78 bits per heavy atom. The molecule has 1 aromatic rings. The number of hydrazine groups is 1. The van der Waals surface area contributed by atoms with Crippen LogP contribution in [0.1, 0.15) is 49.9 Å². The second-order valence-electron chi connectivity index (χ2n) is 5.64. The number of nitrogens with one attached hydrogen (secondary N) is 2. The monoisotopic (exact) mass is 320 g/mol. The van der Waals surface area contributed by atoms with Gasteiger partial charge in [0.2, 0.25) is 5.91 Å². The van der Waals surface area contributed by atoms with E-state index in [2.05, 4.69) is 10.9 Å². The fraction of sp³-hybridized carbons (Fsp3) is 0.471. The van der Waals surface area contributed by atoms with Gasteiger partial charge in [0.15, 0.2) is 0 Å². The van der Waals surface area contributed by atoms with Crippen molar-refractivity contribution in [3.05, 3.63) is 35.9 Å². The Hall–Kier alpha value is -2.37. The summed E-state index contributed by atoms with van der Waals surface area (Å²) in [7, 11) is 0. The van der Waals surface area contributed by atoms with Crippen molar-refractivity contribution in [3.63, 3.8) is 0 Å². The van der Waals surface area contributed by atoms with Crippen molar-refractivity contribution in [2.45, 2.75) is 39.5 Å². The van der Waals surface area contributed by atoms with Gasteiger partial charge in [0.05, 0.1) is 5.92 Å². The molecule has 0 heterocycles. The molecule has 2 amide bonds. The van der Waals surface area contributed by atoms with Gasteiger partial charge in [-0.25, -0.2) is 0 Å². The second kappa shape index (κ2) is 9.61. The molecule has 1 aromatic carbocycles. The highest BCUT2D eigenvalue weighted by Crippen LogP contribution is 2.21. The zero-order valence-corrected chi connectivity index (χ0v) is 13.5. The van der Waals surface area contributed by atoms with Crippen LogP contribution in [0.15, 0.2) is 30.3 Å². The average molecular weight is 320 g/mol. The van der Waals surface area contributed by atoms with Crippen LogP contribution in [0.2, 0.25) is 0 Å². The topological polar surface area (TPSA) is 95.5 Å². The largest absolute Gasteiger partial charge is 0.481 e. The van der Waals surface area contributed by atoms with E-state index < -0.39 is 23.7 Å². The van der Waals surface area contributed by atoms with Gasteiger partial charge < -0.3 is 5.11 Å². The zero-order chi connectivity index (χ0) is 17.2. The van der Waals surface area contributed by atoms with E-state index in [0.29, 0.717) is 12.0 Å². The van der Waals surface area contributed by atoms with Gasteiger partial charge in [0.1, 0.15) is 0 Å². The van der Waals surface area contributed by atoms with E-state index in [1.54, 1.807) is 37.3 Å². The van der Waals surface area contributed by atoms with Gasteiger partial charge in [0, 0.05) is 12.0 Å². The quantitative estimate of drug-likeness (QED) is 0.641. The van der Waals surface area contributed by atoms with Crippen molar-refractivity contribution in [1.82, 2.24) is 10.9 Å². The number of carboxylic acids is 1. The fourth-order valence-corrected chi connectivity index (χ4v) is 2.35. The molecule has 126 valence electrons. The molecule has 0 radical (unpaired) electrons. The lowest BCUT2D eigenvalue weighted by Crippen LogP contribution is -2.42. The fourth-order valence-electron chi connectivity index (χ4n) is 2.35. The molecule has 0 saturated carbocycles. The summed E-state index contributed by atoms with van der Waals surface area (Å²) in [4.78, 5) is 34.9. The van der Waals surface area contributed by atoms with Crippen LogP contribution in [-0.2, 0) is 9.59 Å². The number of rotatable bonds is 8. The molecule has 0 bridgehead atoms. The van der Waals surface area contributed by atoms with Crippen molar-refractivity contribution >= 4 is 17.8 Å². The zero-order valence-electron chi connectivity index (χ0n) is 13.5. The first-order valence-corrected chi connectivity index (χ1v) is 7.82. The molecular weight excluding hydrogens is 296 g/mol. The Balaban J connectivity index is 2.45. The van der Waals surface area contributed by atoms with Gasteiger partial charge in [-0.3, -0.25) is 25.2 Å². The lowest BCUT2D eigenvalue weighted by atomic mass is 9.87.